The van der Waals surface area contributed by atoms with Crippen LogP contribution in [0.3, 0.4) is 0 Å². The molecule has 0 N–H and O–H groups in total. The second-order valence-electron chi connectivity index (χ2n) is 8.89. The zero-order valence-corrected chi connectivity index (χ0v) is 19.9. The fourth-order valence-electron chi connectivity index (χ4n) is 5.33. The van der Waals surface area contributed by atoms with Crippen LogP contribution in [0.5, 0.6) is 0 Å². The minimum absolute atomic E-state index is 0.450. The maximum absolute atomic E-state index is 9.45. The van der Waals surface area contributed by atoms with Crippen LogP contribution < -0.4 is 0 Å². The summed E-state index contributed by atoms with van der Waals surface area (Å²) in [4.78, 5) is 0. The average molecular weight is 533 g/mol. The Bertz CT molecular complexity index is 3530. The van der Waals surface area contributed by atoms with Gasteiger partial charge in [0, 0.05) is 13.5 Å². The molecule has 186 valence electrons. The maximum atomic E-state index is 9.45. The van der Waals surface area contributed by atoms with Gasteiger partial charge in [-0.25, -0.2) is 0 Å². The van der Waals surface area contributed by atoms with E-state index < -0.39 is 227 Å². The van der Waals surface area contributed by atoms with Gasteiger partial charge in [0.15, 0.2) is 0 Å². The van der Waals surface area contributed by atoms with Gasteiger partial charge in [-0.2, -0.15) is 0 Å². The van der Waals surface area contributed by atoms with Crippen molar-refractivity contribution in [3.05, 3.63) is 144 Å². The summed E-state index contributed by atoms with van der Waals surface area (Å²) in [6.45, 7) is 0. The predicted octanol–water partition coefficient (Wildman–Crippen LogP) is 10.8. The molecule has 0 fully saturated rings. The molecule has 0 atom stereocenters. The van der Waals surface area contributed by atoms with Gasteiger partial charge in [-0.15, -0.1) is 0 Å². The minimum atomic E-state index is -2.99. The molecule has 1 aromatic heterocycles. The largest absolute Gasteiger partial charge is 0.456 e. The third kappa shape index (κ3) is 2.92. The first-order chi connectivity index (χ1) is 29.8. The highest BCUT2D eigenvalue weighted by Crippen LogP contribution is 2.50. The van der Waals surface area contributed by atoms with Gasteiger partial charge in [0.05, 0.1) is 30.2 Å². The Balaban J connectivity index is 1.70. The van der Waals surface area contributed by atoms with Crippen LogP contribution in [0.1, 0.15) is 44.0 Å². The van der Waals surface area contributed by atoms with Gasteiger partial charge in [-0.3, -0.25) is 0 Å². The minimum Gasteiger partial charge on any atom is -0.456 e. The van der Waals surface area contributed by atoms with Crippen molar-refractivity contribution < 1.29 is 37.3 Å². The van der Waals surface area contributed by atoms with Gasteiger partial charge in [-0.05, 0) is 84.5 Å². The van der Waals surface area contributed by atoms with Gasteiger partial charge >= 0.3 is 0 Å². The van der Waals surface area contributed by atoms with Crippen LogP contribution in [0.2, 0.25) is 0 Å². The number of fused-ring (bicyclic) bond motifs is 8. The third-order valence-electron chi connectivity index (χ3n) is 6.89. The summed E-state index contributed by atoms with van der Waals surface area (Å²) in [5.74, 6) is 0. The predicted molar refractivity (Wildman–Crippen MR) is 168 cm³/mol. The van der Waals surface area contributed by atoms with Crippen LogP contribution in [0, 0.1) is 0 Å². The fraction of sp³-hybridized carbons (Fsp3) is 0.0256. The summed E-state index contributed by atoms with van der Waals surface area (Å²) < 4.78 is 221. The lowest BCUT2D eigenvalue weighted by molar-refractivity contribution is 0.669. The van der Waals surface area contributed by atoms with E-state index in [1.165, 1.54) is 0 Å². The number of para-hydroxylation sites is 1. The van der Waals surface area contributed by atoms with Crippen molar-refractivity contribution >= 4 is 43.5 Å². The molecule has 0 spiro atoms. The van der Waals surface area contributed by atoms with Gasteiger partial charge in [-0.1, -0.05) is 121 Å². The number of furan rings is 1. The van der Waals surface area contributed by atoms with E-state index in [2.05, 4.69) is 0 Å². The highest BCUT2D eigenvalue weighted by atomic mass is 16.3. The molecule has 0 saturated heterocycles. The van der Waals surface area contributed by atoms with Crippen LogP contribution in [0.25, 0.3) is 76.9 Å². The van der Waals surface area contributed by atoms with E-state index in [-0.39, 0.29) is 0 Å². The van der Waals surface area contributed by atoms with Crippen molar-refractivity contribution in [3.8, 4) is 33.4 Å². The highest BCUT2D eigenvalue weighted by Gasteiger charge is 2.25. The van der Waals surface area contributed by atoms with Crippen molar-refractivity contribution in [2.24, 2.45) is 0 Å². The summed E-state index contributed by atoms with van der Waals surface area (Å²) in [5.41, 5.74) is -6.38. The lowest BCUT2D eigenvalue weighted by Gasteiger charge is -2.20. The second-order valence-corrected chi connectivity index (χ2v) is 8.89. The Morgan fingerprint density at radius 1 is 0.425 bits per heavy atom. The second kappa shape index (κ2) is 8.18. The Kier molecular flexibility index (Phi) is 1.83. The number of benzene rings is 7. The molecule has 0 bridgehead atoms. The first-order valence-electron chi connectivity index (χ1n) is 23.9. The first kappa shape index (κ1) is 8.94. The molecule has 0 amide bonds. The summed E-state index contributed by atoms with van der Waals surface area (Å²) in [6, 6.07) is -19.6. The molecular formula is C39H24O. The van der Waals surface area contributed by atoms with Crippen molar-refractivity contribution in [1.29, 1.82) is 0 Å². The molecule has 1 aliphatic carbocycles. The van der Waals surface area contributed by atoms with Crippen LogP contribution >= 0.6 is 0 Å². The zero-order valence-electron chi connectivity index (χ0n) is 43.9. The standard InChI is InChI=1S/C39H24O/c1-2-13-26-24(11-1)23-25-12-9-19-32(36(25)26)37-27-14-3-5-16-29(27)38(30-17-6-4-15-28(30)37)33-20-10-22-35-39(33)31-18-7-8-21-34(31)40-35/h1-22H,23H2/i1D,2D,3D,4D,5D,6D,7D,8D,9D,10D,11D,12D,13D,14D,15D,16D,17D,18D,19D,20D,21D,22D,23D2. The van der Waals surface area contributed by atoms with Crippen LogP contribution in [0.15, 0.2) is 137 Å². The van der Waals surface area contributed by atoms with E-state index in [1.807, 2.05) is 0 Å². The Labute approximate surface area is 265 Å². The molecule has 1 aliphatic rings. The van der Waals surface area contributed by atoms with Gasteiger partial charge in [0.2, 0.25) is 0 Å². The number of hydrogen-bond acceptors (Lipinski definition) is 1. The molecule has 1 nitrogen and oxygen atoms in total. The zero-order chi connectivity index (χ0) is 47.1. The monoisotopic (exact) mass is 532 g/mol. The molecule has 40 heavy (non-hydrogen) atoms. The van der Waals surface area contributed by atoms with E-state index in [1.54, 1.807) is 0 Å². The highest BCUT2D eigenvalue weighted by molar-refractivity contribution is 6.26. The Hall–Kier alpha value is -5.14. The lowest BCUT2D eigenvalue weighted by atomic mass is 9.83. The average Bonchev–Trinajstić information content (AvgIpc) is 3.77. The van der Waals surface area contributed by atoms with Crippen molar-refractivity contribution in [3.63, 3.8) is 0 Å². The summed E-state index contributed by atoms with van der Waals surface area (Å²) >= 11 is 0. The molecule has 1 heteroatoms. The smallest absolute Gasteiger partial charge is 0.136 e. The van der Waals surface area contributed by atoms with Crippen molar-refractivity contribution in [1.82, 2.24) is 0 Å². The van der Waals surface area contributed by atoms with Gasteiger partial charge in [0.25, 0.3) is 0 Å². The Morgan fingerprint density at radius 2 is 0.925 bits per heavy atom. The molecule has 0 aliphatic heterocycles. The SMILES string of the molecule is [2H]c1c([2H])c([2H])c2c(c1[2H])-c1c(-c3c4c([2H])c([2H])c([2H])c([2H])c4c(-c4c([2H])c([2H])c([2H])c5oc6c([2H])c([2H])c([2H])c([2H])c6c45)c4c([2H])c([2H])c([2H])c([2H])c34)c([2H])c([2H])c([2H])c1C2([2H])[2H]. The Morgan fingerprint density at radius 3 is 1.68 bits per heavy atom. The van der Waals surface area contributed by atoms with Gasteiger partial charge < -0.3 is 4.42 Å². The molecular weight excluding hydrogens is 484 g/mol. The fourth-order valence-corrected chi connectivity index (χ4v) is 5.33. The van der Waals surface area contributed by atoms with E-state index >= 15 is 0 Å². The van der Waals surface area contributed by atoms with E-state index in [4.69, 9.17) is 26.3 Å². The molecule has 0 saturated carbocycles. The van der Waals surface area contributed by atoms with E-state index in [9.17, 15) is 11.0 Å². The van der Waals surface area contributed by atoms with Crippen LogP contribution in [-0.4, -0.2) is 0 Å². The van der Waals surface area contributed by atoms with Crippen LogP contribution in [0.4, 0.5) is 0 Å². The van der Waals surface area contributed by atoms with Crippen LogP contribution in [-0.2, 0) is 6.37 Å². The molecule has 9 rings (SSSR count). The number of hydrogen-bond donors (Lipinski definition) is 0. The normalized spacial score (nSPS) is 22.1. The maximum Gasteiger partial charge on any atom is 0.136 e. The molecule has 7 aromatic carbocycles. The van der Waals surface area contributed by atoms with Crippen molar-refractivity contribution in [2.45, 2.75) is 6.37 Å². The quantitative estimate of drug-likeness (QED) is 0.202. The first-order valence-corrected chi connectivity index (χ1v) is 11.9. The van der Waals surface area contributed by atoms with Gasteiger partial charge in [0.1, 0.15) is 11.2 Å². The summed E-state index contributed by atoms with van der Waals surface area (Å²) in [5, 5.41) is -3.64. The van der Waals surface area contributed by atoms with E-state index in [0.717, 1.165) is 0 Å². The summed E-state index contributed by atoms with van der Waals surface area (Å²) in [7, 11) is 0. The lowest BCUT2D eigenvalue weighted by Crippen LogP contribution is -1.93. The molecule has 8 aromatic rings. The molecule has 1 heterocycles. The third-order valence-corrected chi connectivity index (χ3v) is 6.89. The molecule has 0 radical (unpaired) electrons. The number of rotatable bonds is 2. The van der Waals surface area contributed by atoms with Crippen molar-refractivity contribution in [2.75, 3.05) is 0 Å². The topological polar surface area (TPSA) is 13.1 Å². The summed E-state index contributed by atoms with van der Waals surface area (Å²) in [6.07, 6.45) is -2.99. The van der Waals surface area contributed by atoms with E-state index in [0.29, 0.717) is 0 Å². The molecule has 0 unspecified atom stereocenters.